The Morgan fingerprint density at radius 3 is 2.27 bits per heavy atom. The van der Waals surface area contributed by atoms with Crippen molar-refractivity contribution >= 4 is 54.1 Å². The molecule has 15 heavy (non-hydrogen) atoms. The standard InChI is InChI=1S/C9H7Br3O3/c10-6-3-5(1-2-8(13)14)4-7(11)9(6)15-12/h3-4H,1-2H2,(H,13,14)/p-1. The van der Waals surface area contributed by atoms with E-state index in [0.717, 1.165) is 14.5 Å². The van der Waals surface area contributed by atoms with E-state index in [9.17, 15) is 9.90 Å². The van der Waals surface area contributed by atoms with Crippen LogP contribution < -0.4 is 8.93 Å². The molecule has 0 fully saturated rings. The number of carboxylic acid groups (broad SMARTS) is 1. The SMILES string of the molecule is O=C([O-])CCc1cc(Br)c(OBr)c(Br)c1. The fourth-order valence-corrected chi connectivity index (χ4v) is 3.30. The van der Waals surface area contributed by atoms with E-state index in [4.69, 9.17) is 3.83 Å². The van der Waals surface area contributed by atoms with Crippen molar-refractivity contribution in [2.75, 3.05) is 0 Å². The summed E-state index contributed by atoms with van der Waals surface area (Å²) in [5.74, 6) is -0.435. The number of halogens is 3. The molecular weight excluding hydrogens is 396 g/mol. The summed E-state index contributed by atoms with van der Waals surface area (Å²) in [6, 6.07) is 3.62. The second kappa shape index (κ2) is 5.86. The zero-order valence-electron chi connectivity index (χ0n) is 7.43. The van der Waals surface area contributed by atoms with Crippen LogP contribution in [0.4, 0.5) is 0 Å². The van der Waals surface area contributed by atoms with Crippen molar-refractivity contribution in [1.29, 1.82) is 0 Å². The van der Waals surface area contributed by atoms with Crippen LogP contribution in [-0.2, 0) is 11.2 Å². The van der Waals surface area contributed by atoms with Crippen LogP contribution in [0.1, 0.15) is 12.0 Å². The number of carbonyl (C=O) groups is 1. The van der Waals surface area contributed by atoms with Gasteiger partial charge in [0, 0.05) is 5.97 Å². The summed E-state index contributed by atoms with van der Waals surface area (Å²) in [5, 5.41) is 10.3. The minimum atomic E-state index is -1.05. The molecule has 0 aliphatic rings. The topological polar surface area (TPSA) is 49.4 Å². The quantitative estimate of drug-likeness (QED) is 0.779. The lowest BCUT2D eigenvalue weighted by molar-refractivity contribution is -0.305. The smallest absolute Gasteiger partial charge is 0.179 e. The largest absolute Gasteiger partial charge is 0.550 e. The molecule has 0 atom stereocenters. The van der Waals surface area contributed by atoms with Crippen molar-refractivity contribution < 1.29 is 13.7 Å². The summed E-state index contributed by atoms with van der Waals surface area (Å²) in [6.45, 7) is 0. The second-order valence-corrected chi connectivity index (χ2v) is 4.87. The van der Waals surface area contributed by atoms with E-state index >= 15 is 0 Å². The van der Waals surface area contributed by atoms with Crippen LogP contribution in [0.25, 0.3) is 0 Å². The van der Waals surface area contributed by atoms with Gasteiger partial charge in [0.15, 0.2) is 22.0 Å². The van der Waals surface area contributed by atoms with Gasteiger partial charge in [0.1, 0.15) is 0 Å². The summed E-state index contributed by atoms with van der Waals surface area (Å²) < 4.78 is 6.45. The Balaban J connectivity index is 2.88. The van der Waals surface area contributed by atoms with E-state index in [0.29, 0.717) is 12.2 Å². The Kier molecular flexibility index (Phi) is 5.08. The minimum absolute atomic E-state index is 0.00734. The van der Waals surface area contributed by atoms with Crippen LogP contribution in [0, 0.1) is 0 Å². The lowest BCUT2D eigenvalue weighted by Gasteiger charge is -2.08. The maximum atomic E-state index is 10.3. The molecule has 0 amide bonds. The van der Waals surface area contributed by atoms with Gasteiger partial charge in [0.05, 0.1) is 8.95 Å². The maximum Gasteiger partial charge on any atom is 0.179 e. The zero-order chi connectivity index (χ0) is 11.4. The highest BCUT2D eigenvalue weighted by Gasteiger charge is 2.08. The highest BCUT2D eigenvalue weighted by Crippen LogP contribution is 2.35. The van der Waals surface area contributed by atoms with Crippen molar-refractivity contribution in [3.05, 3.63) is 26.6 Å². The Morgan fingerprint density at radius 2 is 1.87 bits per heavy atom. The number of rotatable bonds is 4. The fraction of sp³-hybridized carbons (Fsp3) is 0.222. The number of aryl methyl sites for hydroxylation is 1. The lowest BCUT2D eigenvalue weighted by atomic mass is 10.1. The van der Waals surface area contributed by atoms with Crippen LogP contribution in [-0.4, -0.2) is 5.97 Å². The first-order chi connectivity index (χ1) is 7.04. The first-order valence-corrected chi connectivity index (χ1v) is 6.24. The van der Waals surface area contributed by atoms with Gasteiger partial charge in [-0.15, -0.1) is 0 Å². The lowest BCUT2D eigenvalue weighted by Crippen LogP contribution is -2.22. The summed E-state index contributed by atoms with van der Waals surface area (Å²) >= 11 is 9.52. The molecule has 0 N–H and O–H groups in total. The molecule has 0 saturated heterocycles. The van der Waals surface area contributed by atoms with E-state index in [2.05, 4.69) is 48.1 Å². The molecule has 0 aliphatic heterocycles. The molecule has 1 rings (SSSR count). The van der Waals surface area contributed by atoms with Gasteiger partial charge in [0.2, 0.25) is 0 Å². The van der Waals surface area contributed by atoms with Crippen molar-refractivity contribution in [2.45, 2.75) is 12.8 Å². The molecule has 0 aliphatic carbocycles. The summed E-state index contributed by atoms with van der Waals surface area (Å²) in [5.41, 5.74) is 0.895. The average Bonchev–Trinajstić information content (AvgIpc) is 2.14. The van der Waals surface area contributed by atoms with E-state index in [1.54, 1.807) is 0 Å². The zero-order valence-corrected chi connectivity index (χ0v) is 12.2. The molecule has 0 aromatic heterocycles. The van der Waals surface area contributed by atoms with Crippen LogP contribution in [0.15, 0.2) is 21.1 Å². The predicted octanol–water partition coefficient (Wildman–Crippen LogP) is 2.58. The Morgan fingerprint density at radius 1 is 1.33 bits per heavy atom. The van der Waals surface area contributed by atoms with Crippen molar-refractivity contribution in [3.8, 4) is 5.75 Å². The number of hydrogen-bond acceptors (Lipinski definition) is 3. The van der Waals surface area contributed by atoms with Crippen molar-refractivity contribution in [3.63, 3.8) is 0 Å². The van der Waals surface area contributed by atoms with Gasteiger partial charge in [-0.1, -0.05) is 0 Å². The molecule has 6 heteroatoms. The van der Waals surface area contributed by atoms with Gasteiger partial charge in [-0.05, 0) is 62.4 Å². The van der Waals surface area contributed by atoms with Gasteiger partial charge < -0.3 is 13.7 Å². The van der Waals surface area contributed by atoms with E-state index in [-0.39, 0.29) is 6.42 Å². The molecular formula is C9H6Br3O3-. The van der Waals surface area contributed by atoms with Crippen molar-refractivity contribution in [1.82, 2.24) is 0 Å². The third-order valence-corrected chi connectivity index (χ3v) is 3.25. The Labute approximate surface area is 113 Å². The van der Waals surface area contributed by atoms with Crippen LogP contribution in [0.2, 0.25) is 0 Å². The monoisotopic (exact) mass is 399 g/mol. The number of carboxylic acids is 1. The number of hydrogen-bond donors (Lipinski definition) is 0. The molecule has 0 spiro atoms. The Bertz CT molecular complexity index is 356. The summed E-state index contributed by atoms with van der Waals surface area (Å²) in [6.07, 6.45) is 0.440. The second-order valence-electron chi connectivity index (χ2n) is 2.84. The molecule has 0 unspecified atom stereocenters. The predicted molar refractivity (Wildman–Crippen MR) is 64.7 cm³/mol. The first kappa shape index (κ1) is 13.0. The molecule has 0 saturated carbocycles. The normalized spacial score (nSPS) is 10.1. The van der Waals surface area contributed by atoms with Gasteiger partial charge >= 0.3 is 0 Å². The summed E-state index contributed by atoms with van der Waals surface area (Å²) in [7, 11) is 0. The van der Waals surface area contributed by atoms with Gasteiger partial charge in [-0.25, -0.2) is 0 Å². The highest BCUT2D eigenvalue weighted by atomic mass is 79.9. The molecule has 0 bridgehead atoms. The minimum Gasteiger partial charge on any atom is -0.550 e. The third-order valence-electron chi connectivity index (χ3n) is 1.75. The van der Waals surface area contributed by atoms with E-state index in [1.807, 2.05) is 12.1 Å². The van der Waals surface area contributed by atoms with Crippen LogP contribution in [0.5, 0.6) is 5.75 Å². The highest BCUT2D eigenvalue weighted by molar-refractivity contribution is 9.11. The number of benzene rings is 1. The summed E-state index contributed by atoms with van der Waals surface area (Å²) in [4.78, 5) is 10.3. The Hall–Kier alpha value is -0.0700. The molecule has 1 aromatic carbocycles. The number of carbonyl (C=O) groups excluding carboxylic acids is 1. The van der Waals surface area contributed by atoms with Crippen LogP contribution in [0.3, 0.4) is 0 Å². The third kappa shape index (κ3) is 3.77. The van der Waals surface area contributed by atoms with E-state index in [1.165, 1.54) is 0 Å². The van der Waals surface area contributed by atoms with Crippen LogP contribution >= 0.6 is 48.1 Å². The molecule has 0 heterocycles. The molecule has 0 radical (unpaired) electrons. The fourth-order valence-electron chi connectivity index (χ4n) is 1.08. The van der Waals surface area contributed by atoms with Gasteiger partial charge in [0.25, 0.3) is 0 Å². The molecule has 82 valence electrons. The van der Waals surface area contributed by atoms with Crippen molar-refractivity contribution in [2.24, 2.45) is 0 Å². The molecule has 1 aromatic rings. The number of aliphatic carboxylic acids is 1. The van der Waals surface area contributed by atoms with E-state index < -0.39 is 5.97 Å². The van der Waals surface area contributed by atoms with Gasteiger partial charge in [-0.3, -0.25) is 0 Å². The van der Waals surface area contributed by atoms with Gasteiger partial charge in [-0.2, -0.15) is 0 Å². The molecule has 3 nitrogen and oxygen atoms in total. The first-order valence-electron chi connectivity index (χ1n) is 4.01. The maximum absolute atomic E-state index is 10.3. The average molecular weight is 402 g/mol.